The molecular weight excluding hydrogens is 304 g/mol. The summed E-state index contributed by atoms with van der Waals surface area (Å²) in [5.41, 5.74) is 1.21. The summed E-state index contributed by atoms with van der Waals surface area (Å²) in [4.78, 5) is 0. The van der Waals surface area contributed by atoms with E-state index in [2.05, 4.69) is 28.9 Å². The standard InChI is InChI=1S/C16H23BrO2/c1-3-12-5-4-6-14(9-12)19-15-8-7-13(11-17)10-16(15)18-2/h7-8,10,12,14H,3-6,9,11H2,1-2H3. The van der Waals surface area contributed by atoms with Crippen molar-refractivity contribution < 1.29 is 9.47 Å². The van der Waals surface area contributed by atoms with Crippen molar-refractivity contribution in [2.24, 2.45) is 5.92 Å². The van der Waals surface area contributed by atoms with E-state index in [0.29, 0.717) is 6.10 Å². The molecular formula is C16H23BrO2. The van der Waals surface area contributed by atoms with Crippen molar-refractivity contribution in [2.75, 3.05) is 7.11 Å². The molecule has 2 rings (SSSR count). The summed E-state index contributed by atoms with van der Waals surface area (Å²) in [6.07, 6.45) is 6.60. The maximum absolute atomic E-state index is 6.17. The predicted octanol–water partition coefficient (Wildman–Crippen LogP) is 4.94. The number of methoxy groups -OCH3 is 1. The van der Waals surface area contributed by atoms with E-state index >= 15 is 0 Å². The molecule has 0 amide bonds. The van der Waals surface area contributed by atoms with Crippen LogP contribution in [0.3, 0.4) is 0 Å². The third kappa shape index (κ3) is 3.88. The minimum atomic E-state index is 0.349. The lowest BCUT2D eigenvalue weighted by molar-refractivity contribution is 0.118. The number of halogens is 1. The molecule has 1 aliphatic carbocycles. The van der Waals surface area contributed by atoms with Crippen molar-refractivity contribution >= 4 is 15.9 Å². The van der Waals surface area contributed by atoms with Gasteiger partial charge in [-0.05, 0) is 42.9 Å². The molecule has 0 saturated heterocycles. The van der Waals surface area contributed by atoms with Crippen molar-refractivity contribution in [3.05, 3.63) is 23.8 Å². The van der Waals surface area contributed by atoms with Crippen LogP contribution in [0.25, 0.3) is 0 Å². The van der Waals surface area contributed by atoms with Crippen LogP contribution < -0.4 is 9.47 Å². The van der Waals surface area contributed by atoms with E-state index in [1.54, 1.807) is 7.11 Å². The number of rotatable bonds is 5. The zero-order chi connectivity index (χ0) is 13.7. The molecule has 1 fully saturated rings. The molecule has 2 nitrogen and oxygen atoms in total. The molecule has 1 aromatic rings. The maximum Gasteiger partial charge on any atom is 0.161 e. The van der Waals surface area contributed by atoms with Gasteiger partial charge in [0.25, 0.3) is 0 Å². The number of ether oxygens (including phenoxy) is 2. The van der Waals surface area contributed by atoms with Crippen molar-refractivity contribution in [3.63, 3.8) is 0 Å². The first-order valence-electron chi connectivity index (χ1n) is 7.16. The summed E-state index contributed by atoms with van der Waals surface area (Å²) in [6.45, 7) is 2.28. The Hall–Kier alpha value is -0.700. The van der Waals surface area contributed by atoms with E-state index in [1.165, 1.54) is 37.7 Å². The zero-order valence-corrected chi connectivity index (χ0v) is 13.4. The predicted molar refractivity (Wildman–Crippen MR) is 82.3 cm³/mol. The van der Waals surface area contributed by atoms with E-state index < -0.39 is 0 Å². The molecule has 0 radical (unpaired) electrons. The Morgan fingerprint density at radius 1 is 1.26 bits per heavy atom. The lowest BCUT2D eigenvalue weighted by Crippen LogP contribution is -2.25. The van der Waals surface area contributed by atoms with Crippen LogP contribution in [-0.2, 0) is 5.33 Å². The van der Waals surface area contributed by atoms with Gasteiger partial charge in [0.05, 0.1) is 13.2 Å². The highest BCUT2D eigenvalue weighted by molar-refractivity contribution is 9.08. The van der Waals surface area contributed by atoms with Crippen LogP contribution in [0.5, 0.6) is 11.5 Å². The van der Waals surface area contributed by atoms with E-state index in [4.69, 9.17) is 9.47 Å². The first-order chi connectivity index (χ1) is 9.26. The largest absolute Gasteiger partial charge is 0.493 e. The summed E-state index contributed by atoms with van der Waals surface area (Å²) in [5, 5.41) is 0.838. The van der Waals surface area contributed by atoms with Gasteiger partial charge >= 0.3 is 0 Å². The highest BCUT2D eigenvalue weighted by Crippen LogP contribution is 2.34. The summed E-state index contributed by atoms with van der Waals surface area (Å²) >= 11 is 3.46. The minimum absolute atomic E-state index is 0.349. The Balaban J connectivity index is 2.05. The third-order valence-electron chi connectivity index (χ3n) is 3.99. The topological polar surface area (TPSA) is 18.5 Å². The van der Waals surface area contributed by atoms with Gasteiger partial charge in [0, 0.05) is 5.33 Å². The highest BCUT2D eigenvalue weighted by Gasteiger charge is 2.23. The highest BCUT2D eigenvalue weighted by atomic mass is 79.9. The Bertz CT molecular complexity index is 406. The van der Waals surface area contributed by atoms with Crippen molar-refractivity contribution in [3.8, 4) is 11.5 Å². The van der Waals surface area contributed by atoms with Crippen molar-refractivity contribution in [1.29, 1.82) is 0 Å². The summed E-state index contributed by atoms with van der Waals surface area (Å²) < 4.78 is 11.6. The number of hydrogen-bond donors (Lipinski definition) is 0. The van der Waals surface area contributed by atoms with Gasteiger partial charge in [-0.3, -0.25) is 0 Å². The molecule has 1 aromatic carbocycles. The molecule has 106 valence electrons. The quantitative estimate of drug-likeness (QED) is 0.713. The van der Waals surface area contributed by atoms with Gasteiger partial charge in [-0.2, -0.15) is 0 Å². The fourth-order valence-corrected chi connectivity index (χ4v) is 3.14. The second kappa shape index (κ2) is 7.18. The second-order valence-electron chi connectivity index (χ2n) is 5.30. The van der Waals surface area contributed by atoms with E-state index in [1.807, 2.05) is 12.1 Å². The van der Waals surface area contributed by atoms with Gasteiger partial charge in [-0.1, -0.05) is 41.8 Å². The van der Waals surface area contributed by atoms with Crippen LogP contribution in [0.4, 0.5) is 0 Å². The monoisotopic (exact) mass is 326 g/mol. The van der Waals surface area contributed by atoms with Crippen LogP contribution in [-0.4, -0.2) is 13.2 Å². The van der Waals surface area contributed by atoms with Gasteiger partial charge in [0.2, 0.25) is 0 Å². The lowest BCUT2D eigenvalue weighted by Gasteiger charge is -2.29. The number of hydrogen-bond acceptors (Lipinski definition) is 2. The van der Waals surface area contributed by atoms with Crippen LogP contribution in [0.1, 0.15) is 44.6 Å². The molecule has 2 unspecified atom stereocenters. The lowest BCUT2D eigenvalue weighted by atomic mass is 9.85. The molecule has 0 heterocycles. The Morgan fingerprint density at radius 2 is 2.11 bits per heavy atom. The molecule has 0 aromatic heterocycles. The Kier molecular flexibility index (Phi) is 5.56. The summed E-state index contributed by atoms with van der Waals surface area (Å²) in [6, 6.07) is 6.17. The zero-order valence-electron chi connectivity index (χ0n) is 11.8. The van der Waals surface area contributed by atoms with Crippen LogP contribution >= 0.6 is 15.9 Å². The first-order valence-corrected chi connectivity index (χ1v) is 8.28. The van der Waals surface area contributed by atoms with E-state index in [-0.39, 0.29) is 0 Å². The van der Waals surface area contributed by atoms with Crippen LogP contribution in [0, 0.1) is 5.92 Å². The van der Waals surface area contributed by atoms with Crippen LogP contribution in [0.2, 0.25) is 0 Å². The molecule has 1 saturated carbocycles. The fourth-order valence-electron chi connectivity index (χ4n) is 2.79. The summed E-state index contributed by atoms with van der Waals surface area (Å²) in [7, 11) is 1.70. The Labute approximate surface area is 124 Å². The minimum Gasteiger partial charge on any atom is -0.493 e. The molecule has 3 heteroatoms. The number of benzene rings is 1. The van der Waals surface area contributed by atoms with E-state index in [9.17, 15) is 0 Å². The molecule has 0 spiro atoms. The van der Waals surface area contributed by atoms with Gasteiger partial charge in [0.15, 0.2) is 11.5 Å². The smallest absolute Gasteiger partial charge is 0.161 e. The molecule has 19 heavy (non-hydrogen) atoms. The maximum atomic E-state index is 6.17. The number of alkyl halides is 1. The van der Waals surface area contributed by atoms with Gasteiger partial charge in [-0.25, -0.2) is 0 Å². The average Bonchev–Trinajstić information content (AvgIpc) is 2.48. The molecule has 0 aliphatic heterocycles. The average molecular weight is 327 g/mol. The van der Waals surface area contributed by atoms with Gasteiger partial charge in [0.1, 0.15) is 0 Å². The fraction of sp³-hybridized carbons (Fsp3) is 0.625. The molecule has 0 N–H and O–H groups in total. The van der Waals surface area contributed by atoms with Crippen LogP contribution in [0.15, 0.2) is 18.2 Å². The summed E-state index contributed by atoms with van der Waals surface area (Å²) in [5.74, 6) is 2.55. The second-order valence-corrected chi connectivity index (χ2v) is 5.86. The third-order valence-corrected chi connectivity index (χ3v) is 4.64. The molecule has 0 bridgehead atoms. The van der Waals surface area contributed by atoms with E-state index in [0.717, 1.165) is 22.7 Å². The normalized spacial score (nSPS) is 23.1. The molecule has 2 atom stereocenters. The Morgan fingerprint density at radius 3 is 2.79 bits per heavy atom. The van der Waals surface area contributed by atoms with Crippen molar-refractivity contribution in [2.45, 2.75) is 50.5 Å². The van der Waals surface area contributed by atoms with Gasteiger partial charge in [-0.15, -0.1) is 0 Å². The molecule has 1 aliphatic rings. The van der Waals surface area contributed by atoms with Gasteiger partial charge < -0.3 is 9.47 Å². The van der Waals surface area contributed by atoms with Crippen molar-refractivity contribution in [1.82, 2.24) is 0 Å². The SMILES string of the molecule is CCC1CCCC(Oc2ccc(CBr)cc2OC)C1. The first kappa shape index (κ1) is 14.7.